The molecule has 5 atom stereocenters. The van der Waals surface area contributed by atoms with Gasteiger partial charge in [0.1, 0.15) is 11.6 Å². The second-order valence-corrected chi connectivity index (χ2v) is 7.98. The van der Waals surface area contributed by atoms with Gasteiger partial charge in [0.2, 0.25) is 17.7 Å². The molecular formula is C21H27N3O5. The van der Waals surface area contributed by atoms with E-state index in [1.54, 1.807) is 7.05 Å². The van der Waals surface area contributed by atoms with Gasteiger partial charge in [-0.1, -0.05) is 30.3 Å². The molecular weight excluding hydrogens is 374 g/mol. The van der Waals surface area contributed by atoms with Gasteiger partial charge in [0.15, 0.2) is 0 Å². The number of amides is 3. The van der Waals surface area contributed by atoms with Gasteiger partial charge in [0.25, 0.3) is 0 Å². The molecule has 1 spiro atoms. The van der Waals surface area contributed by atoms with Crippen LogP contribution in [0.1, 0.15) is 24.8 Å². The number of fused-ring (bicyclic) bond motifs is 1. The highest BCUT2D eigenvalue weighted by Crippen LogP contribution is 2.58. The smallest absolute Gasteiger partial charge is 0.246 e. The second-order valence-electron chi connectivity index (χ2n) is 7.98. The summed E-state index contributed by atoms with van der Waals surface area (Å²) in [6.07, 6.45) is 1.25. The Kier molecular flexibility index (Phi) is 5.31. The van der Waals surface area contributed by atoms with Gasteiger partial charge in [-0.05, 0) is 24.8 Å². The molecule has 8 heteroatoms. The zero-order valence-corrected chi connectivity index (χ0v) is 16.5. The molecule has 29 heavy (non-hydrogen) atoms. The molecule has 156 valence electrons. The van der Waals surface area contributed by atoms with Crippen LogP contribution in [0.3, 0.4) is 0 Å². The van der Waals surface area contributed by atoms with Gasteiger partial charge < -0.3 is 25.4 Å². The van der Waals surface area contributed by atoms with E-state index in [4.69, 9.17) is 4.74 Å². The molecule has 8 nitrogen and oxygen atoms in total. The number of likely N-dealkylation sites (tertiary alicyclic amines) is 1. The van der Waals surface area contributed by atoms with Crippen molar-refractivity contribution in [3.05, 3.63) is 35.9 Å². The van der Waals surface area contributed by atoms with Gasteiger partial charge >= 0.3 is 0 Å². The van der Waals surface area contributed by atoms with Crippen LogP contribution in [0.25, 0.3) is 0 Å². The van der Waals surface area contributed by atoms with E-state index < -0.39 is 23.5 Å². The third-order valence-electron chi connectivity index (χ3n) is 6.46. The molecule has 2 unspecified atom stereocenters. The average Bonchev–Trinajstić information content (AvgIpc) is 3.38. The molecule has 0 aromatic heterocycles. The molecule has 1 aromatic rings. The minimum Gasteiger partial charge on any atom is -0.396 e. The van der Waals surface area contributed by atoms with Crippen LogP contribution < -0.4 is 10.6 Å². The van der Waals surface area contributed by atoms with Gasteiger partial charge in [-0.15, -0.1) is 0 Å². The standard InChI is InChI=1S/C21H27N3O5/c1-22-18(26)15-14-8-9-21(29-14)16(15)20(28)24(10-5-11-25)17(21)19(27)23-12-13-6-3-2-4-7-13/h2-4,6-7,14-17,25H,5,8-12H2,1H3,(H,22,26)(H,23,27)/t14-,15+,16+,17?,21?/m1/s1. The number of hydrogen-bond acceptors (Lipinski definition) is 5. The number of aliphatic hydroxyl groups is 1. The monoisotopic (exact) mass is 401 g/mol. The predicted molar refractivity (Wildman–Crippen MR) is 103 cm³/mol. The first-order chi connectivity index (χ1) is 14.0. The van der Waals surface area contributed by atoms with Crippen molar-refractivity contribution >= 4 is 17.7 Å². The number of carbonyl (C=O) groups excluding carboxylic acids is 3. The molecule has 3 amide bonds. The van der Waals surface area contributed by atoms with Gasteiger partial charge in [0.05, 0.1) is 17.9 Å². The third-order valence-corrected chi connectivity index (χ3v) is 6.46. The fourth-order valence-electron chi connectivity index (χ4n) is 5.28. The van der Waals surface area contributed by atoms with E-state index in [2.05, 4.69) is 10.6 Å². The van der Waals surface area contributed by atoms with Crippen molar-refractivity contribution in [2.75, 3.05) is 20.2 Å². The molecule has 0 saturated carbocycles. The Morgan fingerprint density at radius 1 is 1.28 bits per heavy atom. The lowest BCUT2D eigenvalue weighted by molar-refractivity contribution is -0.142. The normalized spacial score (nSPS) is 32.3. The lowest BCUT2D eigenvalue weighted by Crippen LogP contribution is -2.55. The first kappa shape index (κ1) is 19.8. The number of nitrogens with zero attached hydrogens (tertiary/aromatic N) is 1. The number of aliphatic hydroxyl groups excluding tert-OH is 1. The van der Waals surface area contributed by atoms with Crippen molar-refractivity contribution < 1.29 is 24.2 Å². The number of carbonyl (C=O) groups is 3. The van der Waals surface area contributed by atoms with Gasteiger partial charge in [-0.25, -0.2) is 0 Å². The maximum Gasteiger partial charge on any atom is 0.246 e. The second kappa shape index (κ2) is 7.76. The highest BCUT2D eigenvalue weighted by atomic mass is 16.5. The van der Waals surface area contributed by atoms with E-state index in [0.29, 0.717) is 25.8 Å². The summed E-state index contributed by atoms with van der Waals surface area (Å²) >= 11 is 0. The van der Waals surface area contributed by atoms with Crippen molar-refractivity contribution in [2.24, 2.45) is 11.8 Å². The maximum atomic E-state index is 13.3. The number of nitrogens with one attached hydrogen (secondary N) is 2. The van der Waals surface area contributed by atoms with Gasteiger partial charge in [-0.3, -0.25) is 14.4 Å². The fourth-order valence-corrected chi connectivity index (χ4v) is 5.28. The topological polar surface area (TPSA) is 108 Å². The lowest BCUT2D eigenvalue weighted by atomic mass is 9.70. The Bertz CT molecular complexity index is 801. The van der Waals surface area contributed by atoms with Crippen LogP contribution in [0, 0.1) is 11.8 Å². The Morgan fingerprint density at radius 3 is 2.72 bits per heavy atom. The molecule has 0 radical (unpaired) electrons. The minimum absolute atomic E-state index is 0.0812. The van der Waals surface area contributed by atoms with E-state index in [0.717, 1.165) is 5.56 Å². The summed E-state index contributed by atoms with van der Waals surface area (Å²) in [6.45, 7) is 0.523. The van der Waals surface area contributed by atoms with Crippen LogP contribution >= 0.6 is 0 Å². The Balaban J connectivity index is 1.62. The summed E-state index contributed by atoms with van der Waals surface area (Å²) < 4.78 is 6.24. The average molecular weight is 401 g/mol. The maximum absolute atomic E-state index is 13.3. The van der Waals surface area contributed by atoms with E-state index in [1.165, 1.54) is 4.90 Å². The summed E-state index contributed by atoms with van der Waals surface area (Å²) in [5.41, 5.74) is -0.0178. The van der Waals surface area contributed by atoms with Crippen molar-refractivity contribution in [1.82, 2.24) is 15.5 Å². The van der Waals surface area contributed by atoms with Crippen molar-refractivity contribution in [3.63, 3.8) is 0 Å². The molecule has 3 aliphatic heterocycles. The molecule has 3 fully saturated rings. The van der Waals surface area contributed by atoms with E-state index in [9.17, 15) is 19.5 Å². The fraction of sp³-hybridized carbons (Fsp3) is 0.571. The third kappa shape index (κ3) is 3.11. The van der Waals surface area contributed by atoms with Crippen LogP contribution in [0.5, 0.6) is 0 Å². The first-order valence-electron chi connectivity index (χ1n) is 10.2. The SMILES string of the molecule is CNC(=O)[C@@H]1[C@H]2C(=O)N(CCCO)C(C(=O)NCc3ccccc3)C23CC[C@H]1O3. The van der Waals surface area contributed by atoms with Crippen LogP contribution in [0.15, 0.2) is 30.3 Å². The molecule has 4 rings (SSSR count). The summed E-state index contributed by atoms with van der Waals surface area (Å²) in [6, 6.07) is 8.76. The largest absolute Gasteiger partial charge is 0.396 e. The molecule has 3 heterocycles. The van der Waals surface area contributed by atoms with Gasteiger partial charge in [0, 0.05) is 26.7 Å². The van der Waals surface area contributed by atoms with Crippen molar-refractivity contribution in [2.45, 2.75) is 43.6 Å². The highest BCUT2D eigenvalue weighted by molar-refractivity contribution is 5.98. The number of hydrogen-bond donors (Lipinski definition) is 3. The number of rotatable bonds is 7. The summed E-state index contributed by atoms with van der Waals surface area (Å²) in [7, 11) is 1.55. The lowest BCUT2D eigenvalue weighted by Gasteiger charge is -2.33. The van der Waals surface area contributed by atoms with E-state index >= 15 is 0 Å². The summed E-state index contributed by atoms with van der Waals surface area (Å²) in [5.74, 6) is -1.96. The molecule has 3 saturated heterocycles. The van der Waals surface area contributed by atoms with Crippen LogP contribution in [0.4, 0.5) is 0 Å². The molecule has 3 N–H and O–H groups in total. The van der Waals surface area contributed by atoms with Crippen molar-refractivity contribution in [3.8, 4) is 0 Å². The quantitative estimate of drug-likeness (QED) is 0.587. The van der Waals surface area contributed by atoms with Crippen LogP contribution in [0.2, 0.25) is 0 Å². The van der Waals surface area contributed by atoms with Crippen molar-refractivity contribution in [1.29, 1.82) is 0 Å². The minimum atomic E-state index is -0.977. The first-order valence-corrected chi connectivity index (χ1v) is 10.2. The zero-order chi connectivity index (χ0) is 20.6. The summed E-state index contributed by atoms with van der Waals surface area (Å²) in [4.78, 5) is 40.6. The number of ether oxygens (including phenoxy) is 1. The Morgan fingerprint density at radius 2 is 2.03 bits per heavy atom. The van der Waals surface area contributed by atoms with Gasteiger partial charge in [-0.2, -0.15) is 0 Å². The van der Waals surface area contributed by atoms with E-state index in [-0.39, 0.29) is 37.0 Å². The van der Waals surface area contributed by atoms with Crippen LogP contribution in [-0.2, 0) is 25.7 Å². The Labute approximate surface area is 169 Å². The number of benzene rings is 1. The zero-order valence-electron chi connectivity index (χ0n) is 16.5. The molecule has 2 bridgehead atoms. The van der Waals surface area contributed by atoms with Crippen LogP contribution in [-0.4, -0.2) is 65.7 Å². The molecule has 1 aromatic carbocycles. The predicted octanol–water partition coefficient (Wildman–Crippen LogP) is -0.194. The Hall–Kier alpha value is -2.45. The molecule has 0 aliphatic carbocycles. The highest BCUT2D eigenvalue weighted by Gasteiger charge is 2.74. The molecule has 3 aliphatic rings. The summed E-state index contributed by atoms with van der Waals surface area (Å²) in [5, 5.41) is 14.8. The van der Waals surface area contributed by atoms with E-state index in [1.807, 2.05) is 30.3 Å².